The number of nitrogens with zero attached hydrogens (tertiary/aromatic N) is 1. The first kappa shape index (κ1) is 15.9. The highest BCUT2D eigenvalue weighted by Crippen LogP contribution is 2.22. The number of aryl methyl sites for hydroxylation is 1. The minimum Gasteiger partial charge on any atom is -0.486 e. The van der Waals surface area contributed by atoms with Crippen molar-refractivity contribution < 1.29 is 9.47 Å². The van der Waals surface area contributed by atoms with Gasteiger partial charge in [0.1, 0.15) is 17.4 Å². The van der Waals surface area contributed by atoms with Gasteiger partial charge in [-0.25, -0.2) is 4.98 Å². The molecule has 2 rings (SSSR count). The van der Waals surface area contributed by atoms with Crippen LogP contribution in [-0.2, 0) is 17.9 Å². The lowest BCUT2D eigenvalue weighted by Crippen LogP contribution is -2.17. The third-order valence-corrected chi connectivity index (χ3v) is 4.26. The molecule has 0 saturated carbocycles. The smallest absolute Gasteiger partial charge is 0.140 e. The molecule has 0 aliphatic heterocycles. The van der Waals surface area contributed by atoms with Crippen molar-refractivity contribution in [3.8, 4) is 5.75 Å². The summed E-state index contributed by atoms with van der Waals surface area (Å²) in [6, 6.07) is 6.11. The van der Waals surface area contributed by atoms with E-state index < -0.39 is 0 Å². The van der Waals surface area contributed by atoms with Gasteiger partial charge in [-0.3, -0.25) is 0 Å². The molecule has 1 N–H and O–H groups in total. The van der Waals surface area contributed by atoms with E-state index in [0.717, 1.165) is 30.5 Å². The van der Waals surface area contributed by atoms with Crippen LogP contribution >= 0.6 is 11.3 Å². The summed E-state index contributed by atoms with van der Waals surface area (Å²) in [6.45, 7) is 7.09. The Balaban J connectivity index is 1.84. The van der Waals surface area contributed by atoms with Gasteiger partial charge >= 0.3 is 0 Å². The van der Waals surface area contributed by atoms with Crippen molar-refractivity contribution >= 4 is 11.3 Å². The first-order chi connectivity index (χ1) is 10.2. The molecule has 1 aromatic carbocycles. The lowest BCUT2D eigenvalue weighted by atomic mass is 10.1. The molecule has 114 valence electrons. The number of nitrogens with one attached hydrogen (secondary N) is 1. The van der Waals surface area contributed by atoms with E-state index >= 15 is 0 Å². The van der Waals surface area contributed by atoms with Crippen molar-refractivity contribution in [3.63, 3.8) is 0 Å². The Morgan fingerprint density at radius 2 is 2.14 bits per heavy atom. The Morgan fingerprint density at radius 1 is 1.29 bits per heavy atom. The summed E-state index contributed by atoms with van der Waals surface area (Å²) >= 11 is 1.68. The summed E-state index contributed by atoms with van der Waals surface area (Å²) in [5, 5.41) is 4.31. The molecule has 0 atom stereocenters. The number of benzene rings is 1. The number of thiazole rings is 1. The van der Waals surface area contributed by atoms with Crippen LogP contribution in [0.2, 0.25) is 0 Å². The average Bonchev–Trinajstić information content (AvgIpc) is 2.93. The predicted octanol–water partition coefficient (Wildman–Crippen LogP) is 3.07. The molecule has 1 aromatic heterocycles. The molecule has 0 spiro atoms. The quantitative estimate of drug-likeness (QED) is 0.761. The molecule has 0 fully saturated rings. The fraction of sp³-hybridized carbons (Fsp3) is 0.438. The van der Waals surface area contributed by atoms with Crippen LogP contribution in [0.4, 0.5) is 0 Å². The number of rotatable bonds is 8. The summed E-state index contributed by atoms with van der Waals surface area (Å²) in [7, 11) is 1.71. The Hall–Kier alpha value is -1.43. The van der Waals surface area contributed by atoms with Crippen LogP contribution in [0.15, 0.2) is 24.4 Å². The van der Waals surface area contributed by atoms with Gasteiger partial charge in [0.05, 0.1) is 6.61 Å². The normalized spacial score (nSPS) is 10.8. The average molecular weight is 306 g/mol. The maximum atomic E-state index is 5.87. The fourth-order valence-corrected chi connectivity index (χ4v) is 2.71. The number of aromatic nitrogens is 1. The van der Waals surface area contributed by atoms with E-state index in [1.165, 1.54) is 16.0 Å². The minimum atomic E-state index is 0.521. The van der Waals surface area contributed by atoms with Crippen molar-refractivity contribution in [1.82, 2.24) is 10.3 Å². The van der Waals surface area contributed by atoms with Crippen molar-refractivity contribution in [3.05, 3.63) is 45.4 Å². The summed E-state index contributed by atoms with van der Waals surface area (Å²) in [5.74, 6) is 0.935. The molecule has 2 aromatic rings. The van der Waals surface area contributed by atoms with E-state index in [-0.39, 0.29) is 0 Å². The molecule has 21 heavy (non-hydrogen) atoms. The SMILES string of the molecule is COCCNCc1cnc(COc2cccc(C)c2C)s1. The fourth-order valence-electron chi connectivity index (χ4n) is 1.90. The van der Waals surface area contributed by atoms with Gasteiger partial charge in [0, 0.05) is 31.3 Å². The third-order valence-electron chi connectivity index (χ3n) is 3.29. The van der Waals surface area contributed by atoms with E-state index in [0.29, 0.717) is 6.61 Å². The van der Waals surface area contributed by atoms with Crippen molar-refractivity contribution in [1.29, 1.82) is 0 Å². The van der Waals surface area contributed by atoms with Gasteiger partial charge in [-0.2, -0.15) is 0 Å². The monoisotopic (exact) mass is 306 g/mol. The van der Waals surface area contributed by atoms with Gasteiger partial charge in [0.25, 0.3) is 0 Å². The number of ether oxygens (including phenoxy) is 2. The second-order valence-corrected chi connectivity index (χ2v) is 6.08. The van der Waals surface area contributed by atoms with Gasteiger partial charge < -0.3 is 14.8 Å². The standard InChI is InChI=1S/C16H22N2O2S/c1-12-5-4-6-15(13(12)2)20-11-16-18-10-14(21-16)9-17-7-8-19-3/h4-6,10,17H,7-9,11H2,1-3H3. The summed E-state index contributed by atoms with van der Waals surface area (Å²) < 4.78 is 10.9. The summed E-state index contributed by atoms with van der Waals surface area (Å²) in [4.78, 5) is 5.62. The third kappa shape index (κ3) is 4.81. The lowest BCUT2D eigenvalue weighted by molar-refractivity contribution is 0.199. The highest BCUT2D eigenvalue weighted by atomic mass is 32.1. The molecule has 4 nitrogen and oxygen atoms in total. The number of hydrogen-bond acceptors (Lipinski definition) is 5. The maximum absolute atomic E-state index is 5.87. The molecular weight excluding hydrogens is 284 g/mol. The van der Waals surface area contributed by atoms with Gasteiger partial charge in [0.15, 0.2) is 0 Å². The molecule has 0 aliphatic carbocycles. The Bertz CT molecular complexity index is 569. The zero-order chi connectivity index (χ0) is 15.1. The highest BCUT2D eigenvalue weighted by Gasteiger charge is 2.05. The predicted molar refractivity (Wildman–Crippen MR) is 85.9 cm³/mol. The van der Waals surface area contributed by atoms with Gasteiger partial charge in [-0.05, 0) is 31.0 Å². The molecule has 5 heteroatoms. The first-order valence-corrected chi connectivity index (χ1v) is 7.84. The minimum absolute atomic E-state index is 0.521. The van der Waals surface area contributed by atoms with E-state index in [1.807, 2.05) is 18.3 Å². The largest absolute Gasteiger partial charge is 0.486 e. The maximum Gasteiger partial charge on any atom is 0.140 e. The topological polar surface area (TPSA) is 43.4 Å². The molecule has 0 radical (unpaired) electrons. The molecule has 0 saturated heterocycles. The van der Waals surface area contributed by atoms with Crippen LogP contribution < -0.4 is 10.1 Å². The Labute approximate surface area is 130 Å². The second-order valence-electron chi connectivity index (χ2n) is 4.88. The van der Waals surface area contributed by atoms with Crippen LogP contribution in [0.1, 0.15) is 21.0 Å². The van der Waals surface area contributed by atoms with Crippen LogP contribution in [0.25, 0.3) is 0 Å². The van der Waals surface area contributed by atoms with Gasteiger partial charge in [-0.15, -0.1) is 11.3 Å². The molecule has 0 bridgehead atoms. The summed E-state index contributed by atoms with van der Waals surface area (Å²) in [5.41, 5.74) is 2.44. The Morgan fingerprint density at radius 3 is 2.95 bits per heavy atom. The van der Waals surface area contributed by atoms with Gasteiger partial charge in [0.2, 0.25) is 0 Å². The van der Waals surface area contributed by atoms with Crippen LogP contribution in [0.5, 0.6) is 5.75 Å². The number of hydrogen-bond donors (Lipinski definition) is 1. The van der Waals surface area contributed by atoms with Crippen LogP contribution in [-0.4, -0.2) is 25.2 Å². The Kier molecular flexibility index (Phi) is 6.17. The van der Waals surface area contributed by atoms with E-state index in [1.54, 1.807) is 18.4 Å². The second kappa shape index (κ2) is 8.12. The summed E-state index contributed by atoms with van der Waals surface area (Å²) in [6.07, 6.45) is 1.91. The molecular formula is C16H22N2O2S. The van der Waals surface area contributed by atoms with Gasteiger partial charge in [-0.1, -0.05) is 12.1 Å². The zero-order valence-corrected chi connectivity index (χ0v) is 13.6. The van der Waals surface area contributed by atoms with Crippen molar-refractivity contribution in [2.75, 3.05) is 20.3 Å². The van der Waals surface area contributed by atoms with Crippen molar-refractivity contribution in [2.45, 2.75) is 27.0 Å². The van der Waals surface area contributed by atoms with Crippen molar-refractivity contribution in [2.24, 2.45) is 0 Å². The van der Waals surface area contributed by atoms with E-state index in [9.17, 15) is 0 Å². The molecule has 0 amide bonds. The first-order valence-electron chi connectivity index (χ1n) is 7.03. The highest BCUT2D eigenvalue weighted by molar-refractivity contribution is 7.11. The molecule has 1 heterocycles. The van der Waals surface area contributed by atoms with Crippen LogP contribution in [0.3, 0.4) is 0 Å². The lowest BCUT2D eigenvalue weighted by Gasteiger charge is -2.09. The van der Waals surface area contributed by atoms with Crippen LogP contribution in [0, 0.1) is 13.8 Å². The number of methoxy groups -OCH3 is 1. The molecule has 0 unspecified atom stereocenters. The van der Waals surface area contributed by atoms with E-state index in [4.69, 9.17) is 9.47 Å². The van der Waals surface area contributed by atoms with E-state index in [2.05, 4.69) is 30.2 Å². The zero-order valence-electron chi connectivity index (χ0n) is 12.8. The molecule has 0 aliphatic rings.